The first-order chi connectivity index (χ1) is 9.13. The van der Waals surface area contributed by atoms with Gasteiger partial charge in [-0.3, -0.25) is 4.79 Å². The van der Waals surface area contributed by atoms with E-state index in [0.717, 1.165) is 11.3 Å². The Morgan fingerprint density at radius 2 is 2.16 bits per heavy atom. The van der Waals surface area contributed by atoms with Crippen molar-refractivity contribution in [2.45, 2.75) is 20.0 Å². The third kappa shape index (κ3) is 6.22. The van der Waals surface area contributed by atoms with Crippen molar-refractivity contribution in [3.63, 3.8) is 0 Å². The molecule has 0 fully saturated rings. The van der Waals surface area contributed by atoms with Crippen molar-refractivity contribution in [3.05, 3.63) is 29.8 Å². The minimum atomic E-state index is -0.644. The van der Waals surface area contributed by atoms with Crippen LogP contribution in [-0.4, -0.2) is 43.4 Å². The quantitative estimate of drug-likeness (QED) is 0.639. The second-order valence-corrected chi connectivity index (χ2v) is 4.31. The number of aliphatic hydroxyl groups is 1. The van der Waals surface area contributed by atoms with Crippen LogP contribution in [0.25, 0.3) is 0 Å². The van der Waals surface area contributed by atoms with Crippen molar-refractivity contribution in [1.29, 1.82) is 0 Å². The van der Waals surface area contributed by atoms with Crippen molar-refractivity contribution in [1.82, 2.24) is 10.6 Å². The van der Waals surface area contributed by atoms with E-state index in [1.54, 1.807) is 0 Å². The topological polar surface area (TPSA) is 70.6 Å². The lowest BCUT2D eigenvalue weighted by Gasteiger charge is -2.14. The van der Waals surface area contributed by atoms with E-state index < -0.39 is 6.10 Å². The zero-order chi connectivity index (χ0) is 14.1. The van der Waals surface area contributed by atoms with E-state index in [9.17, 15) is 9.90 Å². The zero-order valence-corrected chi connectivity index (χ0v) is 11.5. The molecule has 1 aromatic carbocycles. The molecule has 0 radical (unpaired) electrons. The molecule has 0 heterocycles. The molecule has 1 amide bonds. The predicted octanol–water partition coefficient (Wildman–Crippen LogP) is 0.460. The summed E-state index contributed by atoms with van der Waals surface area (Å²) in [5.41, 5.74) is 1.03. The van der Waals surface area contributed by atoms with Gasteiger partial charge in [-0.1, -0.05) is 18.2 Å². The molecule has 0 saturated carbocycles. The number of aliphatic hydroxyl groups excluding tert-OH is 1. The SMILES string of the molecule is CCNC(=O)CNCC(O)COc1ccccc1C. The maximum Gasteiger partial charge on any atom is 0.233 e. The number of ether oxygens (including phenoxy) is 1. The number of rotatable bonds is 8. The number of carbonyl (C=O) groups excluding carboxylic acids is 1. The van der Waals surface area contributed by atoms with Crippen molar-refractivity contribution >= 4 is 5.91 Å². The molecule has 1 atom stereocenters. The minimum absolute atomic E-state index is 0.0745. The maximum absolute atomic E-state index is 11.2. The summed E-state index contributed by atoms with van der Waals surface area (Å²) in [7, 11) is 0. The van der Waals surface area contributed by atoms with Gasteiger partial charge in [-0.15, -0.1) is 0 Å². The number of hydrogen-bond donors (Lipinski definition) is 3. The molecule has 3 N–H and O–H groups in total. The van der Waals surface area contributed by atoms with Gasteiger partial charge in [0.2, 0.25) is 5.91 Å². The average Bonchev–Trinajstić information content (AvgIpc) is 2.38. The van der Waals surface area contributed by atoms with Crippen LogP contribution in [0.5, 0.6) is 5.75 Å². The normalized spacial score (nSPS) is 11.9. The van der Waals surface area contributed by atoms with Crippen LogP contribution in [-0.2, 0) is 4.79 Å². The molecule has 0 aliphatic carbocycles. The van der Waals surface area contributed by atoms with Crippen LogP contribution in [0.15, 0.2) is 24.3 Å². The monoisotopic (exact) mass is 266 g/mol. The molecule has 0 aliphatic rings. The van der Waals surface area contributed by atoms with Crippen LogP contribution in [0.1, 0.15) is 12.5 Å². The molecular weight excluding hydrogens is 244 g/mol. The number of likely N-dealkylation sites (N-methyl/N-ethyl adjacent to an activating group) is 1. The third-order valence-electron chi connectivity index (χ3n) is 2.56. The van der Waals surface area contributed by atoms with E-state index in [0.29, 0.717) is 13.1 Å². The van der Waals surface area contributed by atoms with E-state index in [-0.39, 0.29) is 19.1 Å². The molecule has 5 heteroatoms. The molecule has 0 aromatic heterocycles. The van der Waals surface area contributed by atoms with Gasteiger partial charge in [0.05, 0.1) is 6.54 Å². The number of carbonyl (C=O) groups is 1. The number of aryl methyl sites for hydroxylation is 1. The van der Waals surface area contributed by atoms with Crippen LogP contribution in [0.2, 0.25) is 0 Å². The molecule has 0 spiro atoms. The van der Waals surface area contributed by atoms with Gasteiger partial charge in [-0.2, -0.15) is 0 Å². The summed E-state index contributed by atoms with van der Waals surface area (Å²) >= 11 is 0. The third-order valence-corrected chi connectivity index (χ3v) is 2.56. The number of nitrogens with one attached hydrogen (secondary N) is 2. The smallest absolute Gasteiger partial charge is 0.233 e. The summed E-state index contributed by atoms with van der Waals surface area (Å²) < 4.78 is 5.51. The molecule has 5 nitrogen and oxygen atoms in total. The summed E-state index contributed by atoms with van der Waals surface area (Å²) in [6, 6.07) is 7.65. The predicted molar refractivity (Wildman–Crippen MR) is 74.2 cm³/mol. The lowest BCUT2D eigenvalue weighted by Crippen LogP contribution is -2.38. The van der Waals surface area contributed by atoms with Gasteiger partial charge in [0.1, 0.15) is 18.5 Å². The van der Waals surface area contributed by atoms with Crippen LogP contribution in [0, 0.1) is 6.92 Å². The first kappa shape index (κ1) is 15.5. The second kappa shape index (κ2) is 8.50. The van der Waals surface area contributed by atoms with E-state index in [4.69, 9.17) is 4.74 Å². The highest BCUT2D eigenvalue weighted by atomic mass is 16.5. The number of benzene rings is 1. The highest BCUT2D eigenvalue weighted by Gasteiger charge is 2.07. The van der Waals surface area contributed by atoms with Gasteiger partial charge >= 0.3 is 0 Å². The Morgan fingerprint density at radius 1 is 1.42 bits per heavy atom. The fraction of sp³-hybridized carbons (Fsp3) is 0.500. The van der Waals surface area contributed by atoms with E-state index in [1.165, 1.54) is 0 Å². The summed E-state index contributed by atoms with van der Waals surface area (Å²) in [5, 5.41) is 15.3. The van der Waals surface area contributed by atoms with E-state index in [2.05, 4.69) is 10.6 Å². The minimum Gasteiger partial charge on any atom is -0.491 e. The Balaban J connectivity index is 2.19. The average molecular weight is 266 g/mol. The number of para-hydroxylation sites is 1. The molecule has 1 aromatic rings. The van der Waals surface area contributed by atoms with Gasteiger partial charge in [-0.05, 0) is 25.5 Å². The lowest BCUT2D eigenvalue weighted by atomic mass is 10.2. The molecular formula is C14H22N2O3. The van der Waals surface area contributed by atoms with Crippen LogP contribution in [0.4, 0.5) is 0 Å². The maximum atomic E-state index is 11.2. The molecule has 19 heavy (non-hydrogen) atoms. The first-order valence-electron chi connectivity index (χ1n) is 6.47. The van der Waals surface area contributed by atoms with Crippen molar-refractivity contribution < 1.29 is 14.6 Å². The molecule has 0 saturated heterocycles. The molecule has 1 unspecified atom stereocenters. The first-order valence-corrected chi connectivity index (χ1v) is 6.47. The summed E-state index contributed by atoms with van der Waals surface area (Å²) in [4.78, 5) is 11.2. The van der Waals surface area contributed by atoms with Gasteiger partial charge in [0.15, 0.2) is 0 Å². The standard InChI is InChI=1S/C14H22N2O3/c1-3-16-14(18)9-15-8-12(17)10-19-13-7-5-4-6-11(13)2/h4-7,12,15,17H,3,8-10H2,1-2H3,(H,16,18). The highest BCUT2D eigenvalue weighted by Crippen LogP contribution is 2.15. The van der Waals surface area contributed by atoms with Crippen LogP contribution >= 0.6 is 0 Å². The van der Waals surface area contributed by atoms with Crippen molar-refractivity contribution in [2.75, 3.05) is 26.2 Å². The van der Waals surface area contributed by atoms with Crippen molar-refractivity contribution in [2.24, 2.45) is 0 Å². The van der Waals surface area contributed by atoms with Gasteiger partial charge in [-0.25, -0.2) is 0 Å². The van der Waals surface area contributed by atoms with E-state index in [1.807, 2.05) is 38.1 Å². The Morgan fingerprint density at radius 3 is 2.84 bits per heavy atom. The molecule has 106 valence electrons. The largest absolute Gasteiger partial charge is 0.491 e. The highest BCUT2D eigenvalue weighted by molar-refractivity contribution is 5.77. The Bertz CT molecular complexity index is 396. The molecule has 0 bridgehead atoms. The summed E-state index contributed by atoms with van der Waals surface area (Å²) in [6.07, 6.45) is -0.644. The second-order valence-electron chi connectivity index (χ2n) is 4.31. The fourth-order valence-electron chi connectivity index (χ4n) is 1.58. The van der Waals surface area contributed by atoms with Gasteiger partial charge < -0.3 is 20.5 Å². The Labute approximate surface area is 114 Å². The lowest BCUT2D eigenvalue weighted by molar-refractivity contribution is -0.120. The fourth-order valence-corrected chi connectivity index (χ4v) is 1.58. The number of hydrogen-bond acceptors (Lipinski definition) is 4. The molecule has 1 rings (SSSR count). The Kier molecular flexibility index (Phi) is 6.92. The van der Waals surface area contributed by atoms with Crippen LogP contribution < -0.4 is 15.4 Å². The molecule has 0 aliphatic heterocycles. The van der Waals surface area contributed by atoms with Gasteiger partial charge in [0.25, 0.3) is 0 Å². The van der Waals surface area contributed by atoms with Crippen LogP contribution in [0.3, 0.4) is 0 Å². The summed E-state index contributed by atoms with van der Waals surface area (Å²) in [5.74, 6) is 0.694. The summed E-state index contributed by atoms with van der Waals surface area (Å²) in [6.45, 7) is 5.16. The van der Waals surface area contributed by atoms with Crippen molar-refractivity contribution in [3.8, 4) is 5.75 Å². The Hall–Kier alpha value is -1.59. The van der Waals surface area contributed by atoms with Gasteiger partial charge in [0, 0.05) is 13.1 Å². The van der Waals surface area contributed by atoms with E-state index >= 15 is 0 Å². The zero-order valence-electron chi connectivity index (χ0n) is 11.5. The number of amides is 1.